The number of carbonyl (C=O) groups is 3. The van der Waals surface area contributed by atoms with Crippen LogP contribution in [0.2, 0.25) is 0 Å². The van der Waals surface area contributed by atoms with Gasteiger partial charge in [-0.25, -0.2) is 4.68 Å². The Labute approximate surface area is 213 Å². The lowest BCUT2D eigenvalue weighted by Gasteiger charge is -2.41. The average Bonchev–Trinajstić information content (AvgIpc) is 3.24. The SMILES string of the molecule is CC(C)COc1c(C(=O)NC(C)C2CC3CCCC(C3)C2)cnn1CC(=O)N1CCC(C(=O)O)CC1. The minimum Gasteiger partial charge on any atom is -0.481 e. The Hall–Kier alpha value is -2.58. The number of hydrogen-bond donors (Lipinski definition) is 2. The van der Waals surface area contributed by atoms with Gasteiger partial charge in [0, 0.05) is 19.1 Å². The van der Waals surface area contributed by atoms with Crippen LogP contribution in [0.5, 0.6) is 5.88 Å². The molecule has 1 aromatic rings. The normalized spacial score (nSPS) is 25.4. The first-order valence-corrected chi connectivity index (χ1v) is 13.7. The number of likely N-dealkylation sites (tertiary alicyclic amines) is 1. The number of rotatable bonds is 9. The molecule has 200 valence electrons. The van der Waals surface area contributed by atoms with E-state index in [1.807, 2.05) is 13.8 Å². The lowest BCUT2D eigenvalue weighted by Crippen LogP contribution is -2.42. The van der Waals surface area contributed by atoms with Gasteiger partial charge in [-0.15, -0.1) is 0 Å². The van der Waals surface area contributed by atoms with Crippen LogP contribution in [0.15, 0.2) is 6.20 Å². The number of carbonyl (C=O) groups excluding carboxylic acids is 2. The predicted octanol–water partition coefficient (Wildman–Crippen LogP) is 3.58. The summed E-state index contributed by atoms with van der Waals surface area (Å²) in [5, 5.41) is 16.8. The van der Waals surface area contributed by atoms with Gasteiger partial charge in [-0.3, -0.25) is 14.4 Å². The number of amides is 2. The van der Waals surface area contributed by atoms with Gasteiger partial charge in [-0.2, -0.15) is 5.10 Å². The highest BCUT2D eigenvalue weighted by molar-refractivity contribution is 5.96. The van der Waals surface area contributed by atoms with E-state index in [9.17, 15) is 19.5 Å². The molecule has 2 bridgehead atoms. The molecule has 1 aliphatic heterocycles. The molecule has 9 heteroatoms. The van der Waals surface area contributed by atoms with Crippen molar-refractivity contribution in [3.63, 3.8) is 0 Å². The fraction of sp³-hybridized carbons (Fsp3) is 0.778. The van der Waals surface area contributed by atoms with Crippen molar-refractivity contribution in [2.45, 2.75) is 84.7 Å². The molecule has 3 fully saturated rings. The molecule has 4 rings (SSSR count). The van der Waals surface area contributed by atoms with Gasteiger partial charge in [0.05, 0.1) is 18.7 Å². The largest absolute Gasteiger partial charge is 0.481 e. The van der Waals surface area contributed by atoms with Crippen molar-refractivity contribution in [1.29, 1.82) is 0 Å². The summed E-state index contributed by atoms with van der Waals surface area (Å²) in [4.78, 5) is 39.2. The molecule has 2 aliphatic carbocycles. The highest BCUT2D eigenvalue weighted by Gasteiger charge is 2.35. The van der Waals surface area contributed by atoms with Crippen LogP contribution in [0.4, 0.5) is 0 Å². The lowest BCUT2D eigenvalue weighted by molar-refractivity contribution is -0.145. The maximum absolute atomic E-state index is 13.3. The minimum absolute atomic E-state index is 0.0417. The van der Waals surface area contributed by atoms with Gasteiger partial charge in [-0.05, 0) is 62.7 Å². The fourth-order valence-corrected chi connectivity index (χ4v) is 6.24. The number of nitrogens with zero attached hydrogens (tertiary/aromatic N) is 3. The molecular formula is C27H42N4O5. The van der Waals surface area contributed by atoms with Crippen LogP contribution in [0.25, 0.3) is 0 Å². The zero-order valence-corrected chi connectivity index (χ0v) is 21.9. The summed E-state index contributed by atoms with van der Waals surface area (Å²) in [6.45, 7) is 7.35. The van der Waals surface area contributed by atoms with Crippen molar-refractivity contribution in [2.24, 2.45) is 29.6 Å². The molecule has 2 N–H and O–H groups in total. The van der Waals surface area contributed by atoms with E-state index < -0.39 is 11.9 Å². The Morgan fingerprint density at radius 2 is 1.75 bits per heavy atom. The number of hydrogen-bond acceptors (Lipinski definition) is 5. The highest BCUT2D eigenvalue weighted by atomic mass is 16.5. The number of aliphatic carboxylic acids is 1. The minimum atomic E-state index is -0.806. The average molecular weight is 503 g/mol. The highest BCUT2D eigenvalue weighted by Crippen LogP contribution is 2.43. The zero-order chi connectivity index (χ0) is 25.8. The molecule has 1 aromatic heterocycles. The summed E-state index contributed by atoms with van der Waals surface area (Å²) in [7, 11) is 0. The van der Waals surface area contributed by atoms with Crippen LogP contribution < -0.4 is 10.1 Å². The van der Waals surface area contributed by atoms with Crippen molar-refractivity contribution in [3.05, 3.63) is 11.8 Å². The van der Waals surface area contributed by atoms with E-state index in [1.165, 1.54) is 49.4 Å². The summed E-state index contributed by atoms with van der Waals surface area (Å²) >= 11 is 0. The Bertz CT molecular complexity index is 925. The van der Waals surface area contributed by atoms with Gasteiger partial charge in [0.1, 0.15) is 12.1 Å². The first kappa shape index (κ1) is 26.5. The molecule has 2 heterocycles. The third kappa shape index (κ3) is 6.40. The van der Waals surface area contributed by atoms with Crippen molar-refractivity contribution >= 4 is 17.8 Å². The van der Waals surface area contributed by atoms with Crippen molar-refractivity contribution in [1.82, 2.24) is 20.0 Å². The zero-order valence-electron chi connectivity index (χ0n) is 21.9. The van der Waals surface area contributed by atoms with Crippen LogP contribution in [0.3, 0.4) is 0 Å². The molecule has 2 amide bonds. The van der Waals surface area contributed by atoms with Crippen molar-refractivity contribution < 1.29 is 24.2 Å². The van der Waals surface area contributed by atoms with Crippen molar-refractivity contribution in [2.75, 3.05) is 19.7 Å². The molecule has 36 heavy (non-hydrogen) atoms. The van der Waals surface area contributed by atoms with Gasteiger partial charge >= 0.3 is 5.97 Å². The number of carboxylic acid groups (broad SMARTS) is 1. The molecule has 3 atom stereocenters. The first-order chi connectivity index (χ1) is 17.2. The van der Waals surface area contributed by atoms with E-state index in [1.54, 1.807) is 4.90 Å². The quantitative estimate of drug-likeness (QED) is 0.534. The summed E-state index contributed by atoms with van der Waals surface area (Å²) in [6, 6.07) is 0.0689. The van der Waals surface area contributed by atoms with Crippen LogP contribution in [-0.2, 0) is 16.1 Å². The Kier molecular flexibility index (Phi) is 8.57. The number of carboxylic acids is 1. The second-order valence-corrected chi connectivity index (χ2v) is 11.6. The van der Waals surface area contributed by atoms with E-state index >= 15 is 0 Å². The summed E-state index contributed by atoms with van der Waals surface area (Å²) in [5.74, 6) is 1.08. The van der Waals surface area contributed by atoms with Crippen LogP contribution >= 0.6 is 0 Å². The van der Waals surface area contributed by atoms with E-state index in [0.717, 1.165) is 11.8 Å². The monoisotopic (exact) mass is 502 g/mol. The third-order valence-corrected chi connectivity index (χ3v) is 8.30. The standard InChI is InChI=1S/C27H42N4O5/c1-17(2)16-36-26-23(25(33)29-18(3)22-12-19-5-4-6-20(11-19)13-22)14-28-31(26)15-24(32)30-9-7-21(8-10-30)27(34)35/h14,17-22H,4-13,15-16H2,1-3H3,(H,29,33)(H,34,35). The topological polar surface area (TPSA) is 114 Å². The third-order valence-electron chi connectivity index (χ3n) is 8.30. The number of fused-ring (bicyclic) bond motifs is 2. The molecule has 2 saturated carbocycles. The van der Waals surface area contributed by atoms with Gasteiger partial charge in [0.2, 0.25) is 11.8 Å². The van der Waals surface area contributed by atoms with Gasteiger partial charge in [0.25, 0.3) is 5.91 Å². The van der Waals surface area contributed by atoms with E-state index in [0.29, 0.717) is 49.9 Å². The number of ether oxygens (including phenoxy) is 1. The smallest absolute Gasteiger partial charge is 0.306 e. The molecule has 3 aliphatic rings. The van der Waals surface area contributed by atoms with E-state index in [4.69, 9.17) is 4.74 Å². The maximum Gasteiger partial charge on any atom is 0.306 e. The Morgan fingerprint density at radius 3 is 2.36 bits per heavy atom. The van der Waals surface area contributed by atoms with Crippen LogP contribution in [-0.4, -0.2) is 63.3 Å². The molecular weight excluding hydrogens is 460 g/mol. The molecule has 9 nitrogen and oxygen atoms in total. The first-order valence-electron chi connectivity index (χ1n) is 13.7. The number of nitrogens with one attached hydrogen (secondary N) is 1. The van der Waals surface area contributed by atoms with Gasteiger partial charge < -0.3 is 20.1 Å². The van der Waals surface area contributed by atoms with Crippen molar-refractivity contribution in [3.8, 4) is 5.88 Å². The summed E-state index contributed by atoms with van der Waals surface area (Å²) < 4.78 is 7.48. The molecule has 0 radical (unpaired) electrons. The Morgan fingerprint density at radius 1 is 1.08 bits per heavy atom. The molecule has 0 aromatic carbocycles. The van der Waals surface area contributed by atoms with Gasteiger partial charge in [-0.1, -0.05) is 33.1 Å². The van der Waals surface area contributed by atoms with E-state index in [-0.39, 0.29) is 30.3 Å². The Balaban J connectivity index is 1.41. The lowest BCUT2D eigenvalue weighted by atomic mass is 9.66. The fourth-order valence-electron chi connectivity index (χ4n) is 6.24. The summed E-state index contributed by atoms with van der Waals surface area (Å²) in [6.07, 6.45) is 10.1. The number of piperidine rings is 1. The second kappa shape index (κ2) is 11.6. The van der Waals surface area contributed by atoms with Gasteiger partial charge in [0.15, 0.2) is 0 Å². The molecule has 0 spiro atoms. The second-order valence-electron chi connectivity index (χ2n) is 11.6. The maximum atomic E-state index is 13.3. The van der Waals surface area contributed by atoms with E-state index in [2.05, 4.69) is 17.3 Å². The predicted molar refractivity (Wildman–Crippen MR) is 135 cm³/mol. The summed E-state index contributed by atoms with van der Waals surface area (Å²) in [5.41, 5.74) is 0.357. The number of aromatic nitrogens is 2. The van der Waals surface area contributed by atoms with Crippen LogP contribution in [0, 0.1) is 29.6 Å². The molecule has 1 saturated heterocycles. The molecule has 3 unspecified atom stereocenters. The van der Waals surface area contributed by atoms with Crippen LogP contribution in [0.1, 0.15) is 82.5 Å².